The van der Waals surface area contributed by atoms with Gasteiger partial charge in [-0.2, -0.15) is 0 Å². The van der Waals surface area contributed by atoms with E-state index in [4.69, 9.17) is 0 Å². The van der Waals surface area contributed by atoms with Crippen molar-refractivity contribution in [3.8, 4) is 0 Å². The van der Waals surface area contributed by atoms with Crippen LogP contribution in [-0.2, 0) is 14.8 Å². The van der Waals surface area contributed by atoms with Crippen LogP contribution in [0.15, 0.2) is 23.1 Å². The van der Waals surface area contributed by atoms with Crippen molar-refractivity contribution in [1.29, 1.82) is 0 Å². The quantitative estimate of drug-likeness (QED) is 0.683. The Bertz CT molecular complexity index is 815. The molecular formula is C20H30N3O3S+. The van der Waals surface area contributed by atoms with Gasteiger partial charge in [0.2, 0.25) is 10.0 Å². The molecule has 1 amide bonds. The molecule has 4 fully saturated rings. The first kappa shape index (κ1) is 18.9. The topological polar surface area (TPSA) is 91.9 Å². The average Bonchev–Trinajstić information content (AvgIpc) is 2.60. The fourth-order valence-corrected chi connectivity index (χ4v) is 7.02. The Morgan fingerprint density at radius 2 is 1.74 bits per heavy atom. The highest BCUT2D eigenvalue weighted by Crippen LogP contribution is 2.54. The summed E-state index contributed by atoms with van der Waals surface area (Å²) in [7, 11) is -2.15. The number of carbonyl (C=O) groups is 1. The fraction of sp³-hybridized carbons (Fsp3) is 0.650. The molecule has 5 rings (SSSR count). The number of carbonyl (C=O) groups excluding carboxylic acids is 1. The number of hydrogen-bond acceptors (Lipinski definition) is 3. The number of nitrogens with two attached hydrogens (primary N) is 1. The lowest BCUT2D eigenvalue weighted by atomic mass is 9.53. The van der Waals surface area contributed by atoms with Crippen molar-refractivity contribution < 1.29 is 18.5 Å². The number of benzene rings is 1. The minimum atomic E-state index is -3.54. The van der Waals surface area contributed by atoms with Crippen molar-refractivity contribution in [3.05, 3.63) is 23.8 Å². The largest absolute Gasteiger partial charge is 0.334 e. The van der Waals surface area contributed by atoms with Gasteiger partial charge in [0.15, 0.2) is 6.54 Å². The molecule has 0 atom stereocenters. The van der Waals surface area contributed by atoms with Crippen LogP contribution in [0.1, 0.15) is 44.1 Å². The summed E-state index contributed by atoms with van der Waals surface area (Å²) in [6, 6.07) is 5.01. The number of quaternary nitrogens is 1. The van der Waals surface area contributed by atoms with Gasteiger partial charge in [-0.3, -0.25) is 4.79 Å². The Kier molecular flexibility index (Phi) is 4.81. The van der Waals surface area contributed by atoms with Crippen molar-refractivity contribution in [2.24, 2.45) is 17.8 Å². The van der Waals surface area contributed by atoms with E-state index < -0.39 is 10.0 Å². The van der Waals surface area contributed by atoms with Crippen molar-refractivity contribution >= 4 is 21.6 Å². The number of hydrogen-bond donors (Lipinski definition) is 3. The van der Waals surface area contributed by atoms with Gasteiger partial charge in [-0.05, 0) is 68.7 Å². The van der Waals surface area contributed by atoms with Crippen LogP contribution in [0.2, 0.25) is 0 Å². The molecule has 1 aromatic carbocycles. The van der Waals surface area contributed by atoms with Crippen molar-refractivity contribution in [1.82, 2.24) is 4.72 Å². The van der Waals surface area contributed by atoms with E-state index in [1.54, 1.807) is 19.1 Å². The molecule has 0 heterocycles. The monoisotopic (exact) mass is 392 g/mol. The Hall–Kier alpha value is -1.44. The zero-order chi connectivity index (χ0) is 19.2. The number of anilines is 1. The smallest absolute Gasteiger partial charge is 0.279 e. The van der Waals surface area contributed by atoms with Gasteiger partial charge in [-0.15, -0.1) is 0 Å². The molecule has 0 unspecified atom stereocenters. The first-order chi connectivity index (χ1) is 12.8. The Balaban J connectivity index is 1.40. The molecule has 4 bridgehead atoms. The average molecular weight is 393 g/mol. The van der Waals surface area contributed by atoms with Gasteiger partial charge in [0, 0.05) is 24.9 Å². The number of aryl methyl sites for hydroxylation is 1. The zero-order valence-electron chi connectivity index (χ0n) is 16.1. The van der Waals surface area contributed by atoms with Crippen LogP contribution in [-0.4, -0.2) is 33.5 Å². The molecule has 7 heteroatoms. The number of amides is 1. The SMILES string of the molecule is CNS(=O)(=O)c1cc(NC(=O)C[NH2+]C23CC4CC(CC(C4)C2)C3)ccc1C. The van der Waals surface area contributed by atoms with E-state index in [-0.39, 0.29) is 16.3 Å². The van der Waals surface area contributed by atoms with E-state index in [2.05, 4.69) is 15.4 Å². The third kappa shape index (κ3) is 3.77. The highest BCUT2D eigenvalue weighted by atomic mass is 32.2. The highest BCUT2D eigenvalue weighted by molar-refractivity contribution is 7.89. The van der Waals surface area contributed by atoms with Crippen LogP contribution < -0.4 is 15.4 Å². The number of rotatable bonds is 6. The maximum atomic E-state index is 12.5. The second-order valence-corrected chi connectivity index (χ2v) is 10.8. The Labute approximate surface area is 161 Å². The van der Waals surface area contributed by atoms with Gasteiger partial charge in [-0.1, -0.05) is 6.07 Å². The minimum absolute atomic E-state index is 0.0672. The summed E-state index contributed by atoms with van der Waals surface area (Å²) in [5, 5.41) is 5.15. The van der Waals surface area contributed by atoms with Crippen LogP contribution in [0.3, 0.4) is 0 Å². The van der Waals surface area contributed by atoms with Crippen molar-refractivity contribution in [3.63, 3.8) is 0 Å². The van der Waals surface area contributed by atoms with Crippen molar-refractivity contribution in [2.75, 3.05) is 18.9 Å². The van der Waals surface area contributed by atoms with Gasteiger partial charge < -0.3 is 10.6 Å². The van der Waals surface area contributed by atoms with Crippen molar-refractivity contribution in [2.45, 2.75) is 55.9 Å². The van der Waals surface area contributed by atoms with Gasteiger partial charge in [0.05, 0.1) is 10.4 Å². The predicted octanol–water partition coefficient (Wildman–Crippen LogP) is 1.37. The molecule has 4 aliphatic carbocycles. The van der Waals surface area contributed by atoms with E-state index in [0.717, 1.165) is 17.8 Å². The first-order valence-corrected chi connectivity index (χ1v) is 11.5. The minimum Gasteiger partial charge on any atom is -0.334 e. The molecular weight excluding hydrogens is 362 g/mol. The van der Waals surface area contributed by atoms with E-state index in [9.17, 15) is 13.2 Å². The van der Waals surface area contributed by atoms with Crippen LogP contribution >= 0.6 is 0 Å². The molecule has 0 aliphatic heterocycles. The predicted molar refractivity (Wildman–Crippen MR) is 104 cm³/mol. The summed E-state index contributed by atoms with van der Waals surface area (Å²) in [5.74, 6) is 2.52. The second-order valence-electron chi connectivity index (χ2n) is 8.92. The summed E-state index contributed by atoms with van der Waals surface area (Å²) in [6.45, 7) is 2.14. The van der Waals surface area contributed by atoms with E-state index in [1.807, 2.05) is 0 Å². The Morgan fingerprint density at radius 3 is 2.30 bits per heavy atom. The normalized spacial score (nSPS) is 31.9. The van der Waals surface area contributed by atoms with Gasteiger partial charge in [-0.25, -0.2) is 13.1 Å². The number of nitrogens with one attached hydrogen (secondary N) is 2. The van der Waals surface area contributed by atoms with Crippen LogP contribution in [0.4, 0.5) is 5.69 Å². The lowest BCUT2D eigenvalue weighted by Crippen LogP contribution is -3.00. The van der Waals surface area contributed by atoms with Gasteiger partial charge in [0.25, 0.3) is 5.91 Å². The standard InChI is InChI=1S/C20H29N3O3S/c1-13-3-4-17(8-18(13)27(25,26)21-2)23-19(24)12-22-20-9-14-5-15(10-20)7-16(6-14)11-20/h3-4,8,14-16,21-22H,5-7,9-12H2,1-2H3,(H,23,24)/p+1. The Morgan fingerprint density at radius 1 is 1.15 bits per heavy atom. The molecule has 4 N–H and O–H groups in total. The molecule has 0 spiro atoms. The highest BCUT2D eigenvalue weighted by Gasteiger charge is 2.53. The summed E-state index contributed by atoms with van der Waals surface area (Å²) < 4.78 is 26.6. The molecule has 1 aromatic rings. The second kappa shape index (κ2) is 6.87. The van der Waals surface area contributed by atoms with Gasteiger partial charge in [0.1, 0.15) is 0 Å². The fourth-order valence-electron chi connectivity index (χ4n) is 6.03. The maximum Gasteiger partial charge on any atom is 0.279 e. The third-order valence-electron chi connectivity index (χ3n) is 6.84. The summed E-state index contributed by atoms with van der Waals surface area (Å²) in [6.07, 6.45) is 7.94. The van der Waals surface area contributed by atoms with Gasteiger partial charge >= 0.3 is 0 Å². The number of sulfonamides is 1. The molecule has 0 radical (unpaired) electrons. The molecule has 6 nitrogen and oxygen atoms in total. The third-order valence-corrected chi connectivity index (χ3v) is 8.39. The molecule has 4 aliphatic rings. The summed E-state index contributed by atoms with van der Waals surface area (Å²) in [5.41, 5.74) is 1.45. The molecule has 27 heavy (non-hydrogen) atoms. The van der Waals surface area contributed by atoms with Crippen LogP contribution in [0, 0.1) is 24.7 Å². The molecule has 4 saturated carbocycles. The zero-order valence-corrected chi connectivity index (χ0v) is 16.9. The molecule has 0 saturated heterocycles. The van der Waals surface area contributed by atoms with E-state index in [0.29, 0.717) is 17.8 Å². The van der Waals surface area contributed by atoms with E-state index >= 15 is 0 Å². The lowest BCUT2D eigenvalue weighted by molar-refractivity contribution is -0.729. The van der Waals surface area contributed by atoms with Crippen LogP contribution in [0.25, 0.3) is 0 Å². The summed E-state index contributed by atoms with van der Waals surface area (Å²) >= 11 is 0. The maximum absolute atomic E-state index is 12.5. The van der Waals surface area contributed by atoms with E-state index in [1.165, 1.54) is 51.6 Å². The van der Waals surface area contributed by atoms with Crippen LogP contribution in [0.5, 0.6) is 0 Å². The first-order valence-electron chi connectivity index (χ1n) is 9.97. The molecule has 0 aromatic heterocycles. The molecule has 148 valence electrons. The lowest BCUT2D eigenvalue weighted by Gasteiger charge is -2.54. The summed E-state index contributed by atoms with van der Waals surface area (Å²) in [4.78, 5) is 12.7.